The fourth-order valence-electron chi connectivity index (χ4n) is 2.77. The number of hydrogen-bond acceptors (Lipinski definition) is 2. The van der Waals surface area contributed by atoms with Gasteiger partial charge in [0.05, 0.1) is 6.04 Å². The summed E-state index contributed by atoms with van der Waals surface area (Å²) in [7, 11) is 0. The molecule has 3 unspecified atom stereocenters. The number of nitrogens with one attached hydrogen (secondary N) is 2. The van der Waals surface area contributed by atoms with Crippen molar-refractivity contribution in [3.05, 3.63) is 0 Å². The highest BCUT2D eigenvalue weighted by atomic mass is 16.2. The van der Waals surface area contributed by atoms with E-state index in [2.05, 4.69) is 24.5 Å². The summed E-state index contributed by atoms with van der Waals surface area (Å²) in [6.07, 6.45) is 6.28. The summed E-state index contributed by atoms with van der Waals surface area (Å²) in [5.41, 5.74) is 0. The zero-order valence-corrected chi connectivity index (χ0v) is 10.5. The van der Waals surface area contributed by atoms with Gasteiger partial charge in [0.1, 0.15) is 0 Å². The van der Waals surface area contributed by atoms with Crippen molar-refractivity contribution in [2.75, 3.05) is 6.54 Å². The molecule has 3 nitrogen and oxygen atoms in total. The van der Waals surface area contributed by atoms with E-state index in [1.165, 1.54) is 32.1 Å². The summed E-state index contributed by atoms with van der Waals surface area (Å²) in [4.78, 5) is 12.1. The fraction of sp³-hybridized carbons (Fsp3) is 0.923. The average molecular weight is 224 g/mol. The Morgan fingerprint density at radius 1 is 1.31 bits per heavy atom. The molecule has 1 saturated carbocycles. The Hall–Kier alpha value is -0.570. The first-order chi connectivity index (χ1) is 7.68. The zero-order chi connectivity index (χ0) is 11.5. The smallest absolute Gasteiger partial charge is 0.237 e. The van der Waals surface area contributed by atoms with Crippen LogP contribution in [0.4, 0.5) is 0 Å². The topological polar surface area (TPSA) is 41.1 Å². The molecule has 0 bridgehead atoms. The van der Waals surface area contributed by atoms with Gasteiger partial charge >= 0.3 is 0 Å². The molecule has 2 N–H and O–H groups in total. The van der Waals surface area contributed by atoms with Crippen LogP contribution in [0.3, 0.4) is 0 Å². The number of carbonyl (C=O) groups excluding carboxylic acids is 1. The van der Waals surface area contributed by atoms with Crippen LogP contribution in [0, 0.1) is 11.8 Å². The second kappa shape index (κ2) is 5.17. The first kappa shape index (κ1) is 11.9. The Morgan fingerprint density at radius 3 is 2.62 bits per heavy atom. The van der Waals surface area contributed by atoms with Gasteiger partial charge < -0.3 is 10.6 Å². The molecular formula is C13H24N2O. The largest absolute Gasteiger partial charge is 0.352 e. The molecule has 3 atom stereocenters. The Kier molecular flexibility index (Phi) is 3.85. The normalized spacial score (nSPS) is 32.9. The Morgan fingerprint density at radius 2 is 2.06 bits per heavy atom. The molecule has 1 aliphatic carbocycles. The summed E-state index contributed by atoms with van der Waals surface area (Å²) < 4.78 is 0. The summed E-state index contributed by atoms with van der Waals surface area (Å²) in [5, 5.41) is 6.52. The van der Waals surface area contributed by atoms with Gasteiger partial charge in [-0.2, -0.15) is 0 Å². The van der Waals surface area contributed by atoms with Crippen LogP contribution in [0.25, 0.3) is 0 Å². The molecule has 0 aromatic carbocycles. The van der Waals surface area contributed by atoms with Crippen molar-refractivity contribution in [1.29, 1.82) is 0 Å². The van der Waals surface area contributed by atoms with Gasteiger partial charge in [0.15, 0.2) is 0 Å². The minimum absolute atomic E-state index is 0.0382. The third-order valence-corrected chi connectivity index (χ3v) is 4.28. The van der Waals surface area contributed by atoms with Gasteiger partial charge in [-0.25, -0.2) is 0 Å². The molecule has 1 saturated heterocycles. The van der Waals surface area contributed by atoms with Crippen LogP contribution in [0.2, 0.25) is 0 Å². The maximum absolute atomic E-state index is 12.1. The molecule has 0 spiro atoms. The van der Waals surface area contributed by atoms with Gasteiger partial charge in [0.2, 0.25) is 5.91 Å². The highest BCUT2D eigenvalue weighted by Gasteiger charge is 2.30. The van der Waals surface area contributed by atoms with Crippen LogP contribution in [0.5, 0.6) is 0 Å². The van der Waals surface area contributed by atoms with Crippen LogP contribution in [0.1, 0.15) is 46.0 Å². The standard InChI is InChI=1S/C13H24N2O/c1-9-5-4-8-14-12(9)13(16)15-10(2)11-6-3-7-11/h9-12,14H,3-8H2,1-2H3,(H,15,16). The lowest BCUT2D eigenvalue weighted by molar-refractivity contribution is -0.126. The third-order valence-electron chi connectivity index (χ3n) is 4.28. The van der Waals surface area contributed by atoms with Gasteiger partial charge in [-0.15, -0.1) is 0 Å². The molecule has 92 valence electrons. The predicted molar refractivity (Wildman–Crippen MR) is 65.1 cm³/mol. The summed E-state index contributed by atoms with van der Waals surface area (Å²) in [5.74, 6) is 1.41. The highest BCUT2D eigenvalue weighted by molar-refractivity contribution is 5.82. The van der Waals surface area contributed by atoms with Crippen molar-refractivity contribution in [2.45, 2.75) is 58.0 Å². The van der Waals surface area contributed by atoms with Crippen molar-refractivity contribution >= 4 is 5.91 Å². The van der Waals surface area contributed by atoms with E-state index in [1.807, 2.05) is 0 Å². The van der Waals surface area contributed by atoms with Gasteiger partial charge in [0.25, 0.3) is 0 Å². The first-order valence-corrected chi connectivity index (χ1v) is 6.72. The van der Waals surface area contributed by atoms with E-state index < -0.39 is 0 Å². The molecule has 1 heterocycles. The minimum atomic E-state index is 0.0382. The SMILES string of the molecule is CC1CCCNC1C(=O)NC(C)C1CCC1. The lowest BCUT2D eigenvalue weighted by Gasteiger charge is -2.35. The molecule has 1 aliphatic heterocycles. The molecule has 2 rings (SSSR count). The maximum atomic E-state index is 12.1. The predicted octanol–water partition coefficient (Wildman–Crippen LogP) is 1.68. The van der Waals surface area contributed by atoms with Crippen LogP contribution in [-0.4, -0.2) is 24.5 Å². The lowest BCUT2D eigenvalue weighted by atomic mass is 9.80. The van der Waals surface area contributed by atoms with Crippen LogP contribution < -0.4 is 10.6 Å². The second-order valence-corrected chi connectivity index (χ2v) is 5.54. The number of hydrogen-bond donors (Lipinski definition) is 2. The van der Waals surface area contributed by atoms with Gasteiger partial charge in [0, 0.05) is 6.04 Å². The molecule has 0 aromatic rings. The summed E-state index contributed by atoms with van der Waals surface area (Å²) in [6.45, 7) is 5.31. The van der Waals surface area contributed by atoms with Gasteiger partial charge in [-0.1, -0.05) is 13.3 Å². The van der Waals surface area contributed by atoms with Crippen LogP contribution in [-0.2, 0) is 4.79 Å². The number of rotatable bonds is 3. The van der Waals surface area contributed by atoms with E-state index in [0.29, 0.717) is 12.0 Å². The van der Waals surface area contributed by atoms with E-state index in [1.54, 1.807) is 0 Å². The quantitative estimate of drug-likeness (QED) is 0.766. The van der Waals surface area contributed by atoms with Crippen LogP contribution in [0.15, 0.2) is 0 Å². The number of amides is 1. The van der Waals surface area contributed by atoms with Crippen molar-refractivity contribution in [3.8, 4) is 0 Å². The summed E-state index contributed by atoms with van der Waals surface area (Å²) >= 11 is 0. The van der Waals surface area contributed by atoms with E-state index >= 15 is 0 Å². The molecule has 0 aromatic heterocycles. The molecule has 16 heavy (non-hydrogen) atoms. The Bertz CT molecular complexity index is 250. The van der Waals surface area contributed by atoms with Gasteiger partial charge in [-0.3, -0.25) is 4.79 Å². The zero-order valence-electron chi connectivity index (χ0n) is 10.5. The van der Waals surface area contributed by atoms with E-state index in [0.717, 1.165) is 12.5 Å². The molecule has 2 fully saturated rings. The maximum Gasteiger partial charge on any atom is 0.237 e. The Balaban J connectivity index is 1.81. The third kappa shape index (κ3) is 2.57. The van der Waals surface area contributed by atoms with Crippen molar-refractivity contribution < 1.29 is 4.79 Å². The molecule has 2 aliphatic rings. The Labute approximate surface area is 98.4 Å². The van der Waals surface area contributed by atoms with Crippen molar-refractivity contribution in [1.82, 2.24) is 10.6 Å². The van der Waals surface area contributed by atoms with Gasteiger partial charge in [-0.05, 0) is 51.0 Å². The number of piperidine rings is 1. The van der Waals surface area contributed by atoms with E-state index in [-0.39, 0.29) is 11.9 Å². The highest BCUT2D eigenvalue weighted by Crippen LogP contribution is 2.29. The molecule has 1 amide bonds. The monoisotopic (exact) mass is 224 g/mol. The molecule has 0 radical (unpaired) electrons. The lowest BCUT2D eigenvalue weighted by Crippen LogP contribution is -2.54. The van der Waals surface area contributed by atoms with Crippen LogP contribution >= 0.6 is 0 Å². The van der Waals surface area contributed by atoms with E-state index in [9.17, 15) is 4.79 Å². The second-order valence-electron chi connectivity index (χ2n) is 5.54. The minimum Gasteiger partial charge on any atom is -0.352 e. The van der Waals surface area contributed by atoms with Crippen molar-refractivity contribution in [2.24, 2.45) is 11.8 Å². The first-order valence-electron chi connectivity index (χ1n) is 6.72. The van der Waals surface area contributed by atoms with E-state index in [4.69, 9.17) is 0 Å². The number of carbonyl (C=O) groups is 1. The van der Waals surface area contributed by atoms with Crippen molar-refractivity contribution in [3.63, 3.8) is 0 Å². The average Bonchev–Trinajstić information content (AvgIpc) is 2.15. The molecule has 3 heteroatoms. The molecular weight excluding hydrogens is 200 g/mol. The summed E-state index contributed by atoms with van der Waals surface area (Å²) in [6, 6.07) is 0.397. The fourth-order valence-corrected chi connectivity index (χ4v) is 2.77.